The fourth-order valence-corrected chi connectivity index (χ4v) is 4.86. The van der Waals surface area contributed by atoms with Crippen molar-refractivity contribution in [2.45, 2.75) is 16.8 Å². The van der Waals surface area contributed by atoms with Crippen LogP contribution in [0.4, 0.5) is 0 Å². The van der Waals surface area contributed by atoms with Crippen LogP contribution >= 0.6 is 11.3 Å². The van der Waals surface area contributed by atoms with Crippen LogP contribution in [0.15, 0.2) is 16.3 Å². The first kappa shape index (κ1) is 16.9. The minimum atomic E-state index is -3.40. The molecular formula is C13H24N4O2S2. The molecule has 21 heavy (non-hydrogen) atoms. The molecular weight excluding hydrogens is 308 g/mol. The van der Waals surface area contributed by atoms with Crippen LogP contribution in [0.2, 0.25) is 0 Å². The standard InChI is InChI=1S/C13H24N4O2S2/c1-14-9-12-4-5-13(20-12)21(18,19)15-8-11-10-16(2)6-7-17(11)3/h4-5,11,14-15H,6-10H2,1-3H3. The second kappa shape index (κ2) is 7.17. The Bertz CT molecular complexity index is 558. The van der Waals surface area contributed by atoms with Gasteiger partial charge in [0.1, 0.15) is 4.21 Å². The SMILES string of the molecule is CNCc1ccc(S(=O)(=O)NCC2CN(C)CCN2C)s1. The highest BCUT2D eigenvalue weighted by Crippen LogP contribution is 2.21. The van der Waals surface area contributed by atoms with E-state index in [0.29, 0.717) is 17.3 Å². The summed E-state index contributed by atoms with van der Waals surface area (Å²) >= 11 is 1.32. The number of likely N-dealkylation sites (N-methyl/N-ethyl adjacent to an activating group) is 2. The van der Waals surface area contributed by atoms with E-state index in [9.17, 15) is 8.42 Å². The minimum Gasteiger partial charge on any atom is -0.315 e. The zero-order valence-electron chi connectivity index (χ0n) is 12.8. The molecule has 0 amide bonds. The molecule has 8 heteroatoms. The van der Waals surface area contributed by atoms with E-state index in [1.54, 1.807) is 6.07 Å². The summed E-state index contributed by atoms with van der Waals surface area (Å²) in [6, 6.07) is 3.75. The minimum absolute atomic E-state index is 0.218. The Morgan fingerprint density at radius 3 is 2.81 bits per heavy atom. The maximum absolute atomic E-state index is 12.3. The molecule has 2 rings (SSSR count). The average Bonchev–Trinajstić information content (AvgIpc) is 2.90. The van der Waals surface area contributed by atoms with E-state index >= 15 is 0 Å². The molecule has 1 unspecified atom stereocenters. The van der Waals surface area contributed by atoms with Crippen molar-refractivity contribution < 1.29 is 8.42 Å². The Morgan fingerprint density at radius 1 is 1.33 bits per heavy atom. The number of nitrogens with one attached hydrogen (secondary N) is 2. The van der Waals surface area contributed by atoms with Gasteiger partial charge in [0.2, 0.25) is 10.0 Å². The summed E-state index contributed by atoms with van der Waals surface area (Å²) in [5, 5.41) is 3.03. The van der Waals surface area contributed by atoms with Gasteiger partial charge in [-0.3, -0.25) is 4.90 Å². The van der Waals surface area contributed by atoms with E-state index in [1.807, 2.05) is 20.2 Å². The van der Waals surface area contributed by atoms with Gasteiger partial charge in [0.25, 0.3) is 0 Å². The first-order valence-corrected chi connectivity index (χ1v) is 9.34. The van der Waals surface area contributed by atoms with Crippen molar-refractivity contribution in [3.63, 3.8) is 0 Å². The number of rotatable bonds is 6. The molecule has 1 aromatic rings. The normalized spacial score (nSPS) is 21.8. The molecule has 1 fully saturated rings. The van der Waals surface area contributed by atoms with E-state index < -0.39 is 10.0 Å². The number of nitrogens with zero attached hydrogens (tertiary/aromatic N) is 2. The molecule has 1 aliphatic heterocycles. The van der Waals surface area contributed by atoms with Crippen LogP contribution in [-0.4, -0.2) is 71.6 Å². The molecule has 0 aliphatic carbocycles. The number of thiophene rings is 1. The third-order valence-corrected chi connectivity index (χ3v) is 6.74. The van der Waals surface area contributed by atoms with Crippen molar-refractivity contribution in [3.05, 3.63) is 17.0 Å². The summed E-state index contributed by atoms with van der Waals surface area (Å²) in [5.41, 5.74) is 0. The lowest BCUT2D eigenvalue weighted by Crippen LogP contribution is -2.54. The van der Waals surface area contributed by atoms with Gasteiger partial charge in [0.05, 0.1) is 0 Å². The second-order valence-electron chi connectivity index (χ2n) is 5.50. The Hall–Kier alpha value is -0.510. The average molecular weight is 332 g/mol. The molecule has 1 atom stereocenters. The van der Waals surface area contributed by atoms with Crippen LogP contribution in [0.25, 0.3) is 0 Å². The van der Waals surface area contributed by atoms with E-state index in [-0.39, 0.29) is 6.04 Å². The summed E-state index contributed by atoms with van der Waals surface area (Å²) in [6.07, 6.45) is 0. The zero-order valence-corrected chi connectivity index (χ0v) is 14.4. The highest BCUT2D eigenvalue weighted by Gasteiger charge is 2.25. The number of piperazine rings is 1. The van der Waals surface area contributed by atoms with Gasteiger partial charge in [-0.15, -0.1) is 11.3 Å². The Balaban J connectivity index is 1.96. The predicted octanol–water partition coefficient (Wildman–Crippen LogP) is -0.00840. The van der Waals surface area contributed by atoms with Gasteiger partial charge in [-0.1, -0.05) is 0 Å². The summed E-state index contributed by atoms with van der Waals surface area (Å²) < 4.78 is 27.8. The van der Waals surface area contributed by atoms with Gasteiger partial charge in [-0.25, -0.2) is 13.1 Å². The first-order chi connectivity index (χ1) is 9.92. The van der Waals surface area contributed by atoms with E-state index in [2.05, 4.69) is 26.9 Å². The van der Waals surface area contributed by atoms with Gasteiger partial charge >= 0.3 is 0 Å². The predicted molar refractivity (Wildman–Crippen MR) is 86.2 cm³/mol. The van der Waals surface area contributed by atoms with Gasteiger partial charge < -0.3 is 10.2 Å². The topological polar surface area (TPSA) is 64.7 Å². The summed E-state index contributed by atoms with van der Waals surface area (Å²) in [5.74, 6) is 0. The van der Waals surface area contributed by atoms with Crippen molar-refractivity contribution in [3.8, 4) is 0 Å². The zero-order chi connectivity index (χ0) is 15.5. The quantitative estimate of drug-likeness (QED) is 0.767. The molecule has 2 heterocycles. The number of hydrogen-bond donors (Lipinski definition) is 2. The Kier molecular flexibility index (Phi) is 5.75. The van der Waals surface area contributed by atoms with E-state index in [4.69, 9.17) is 0 Å². The molecule has 6 nitrogen and oxygen atoms in total. The van der Waals surface area contributed by atoms with Crippen molar-refractivity contribution >= 4 is 21.4 Å². The Labute approximate surface area is 131 Å². The lowest BCUT2D eigenvalue weighted by atomic mass is 10.2. The maximum atomic E-state index is 12.3. The molecule has 1 saturated heterocycles. The summed E-state index contributed by atoms with van der Waals surface area (Å²) in [6.45, 7) is 4.01. The number of hydrogen-bond acceptors (Lipinski definition) is 6. The van der Waals surface area contributed by atoms with Crippen molar-refractivity contribution in [2.24, 2.45) is 0 Å². The van der Waals surface area contributed by atoms with Gasteiger partial charge in [0, 0.05) is 43.6 Å². The van der Waals surface area contributed by atoms with Gasteiger partial charge in [0.15, 0.2) is 0 Å². The molecule has 1 aliphatic rings. The molecule has 0 bridgehead atoms. The van der Waals surface area contributed by atoms with Crippen LogP contribution in [0.3, 0.4) is 0 Å². The third-order valence-electron chi connectivity index (χ3n) is 3.74. The summed E-state index contributed by atoms with van der Waals surface area (Å²) in [7, 11) is 2.56. The molecule has 0 saturated carbocycles. The first-order valence-electron chi connectivity index (χ1n) is 7.04. The molecule has 2 N–H and O–H groups in total. The fourth-order valence-electron chi connectivity index (χ4n) is 2.37. The van der Waals surface area contributed by atoms with Crippen LogP contribution in [0.1, 0.15) is 4.88 Å². The molecule has 0 radical (unpaired) electrons. The van der Waals surface area contributed by atoms with Crippen LogP contribution in [-0.2, 0) is 16.6 Å². The van der Waals surface area contributed by atoms with Gasteiger partial charge in [-0.05, 0) is 33.3 Å². The highest BCUT2D eigenvalue weighted by atomic mass is 32.2. The summed E-state index contributed by atoms with van der Waals surface area (Å²) in [4.78, 5) is 5.46. The third kappa shape index (κ3) is 4.48. The van der Waals surface area contributed by atoms with Gasteiger partial charge in [-0.2, -0.15) is 0 Å². The smallest absolute Gasteiger partial charge is 0.250 e. The van der Waals surface area contributed by atoms with Crippen molar-refractivity contribution in [1.29, 1.82) is 0 Å². The van der Waals surface area contributed by atoms with E-state index in [1.165, 1.54) is 11.3 Å². The molecule has 0 spiro atoms. The molecule has 120 valence electrons. The van der Waals surface area contributed by atoms with Crippen molar-refractivity contribution in [1.82, 2.24) is 19.8 Å². The maximum Gasteiger partial charge on any atom is 0.250 e. The number of sulfonamides is 1. The second-order valence-corrected chi connectivity index (χ2v) is 8.66. The molecule has 0 aromatic carbocycles. The molecule has 1 aromatic heterocycles. The Morgan fingerprint density at radius 2 is 2.10 bits per heavy atom. The fraction of sp³-hybridized carbons (Fsp3) is 0.692. The van der Waals surface area contributed by atoms with Crippen molar-refractivity contribution in [2.75, 3.05) is 47.3 Å². The van der Waals surface area contributed by atoms with Crippen LogP contribution in [0, 0.1) is 0 Å². The monoisotopic (exact) mass is 332 g/mol. The lowest BCUT2D eigenvalue weighted by molar-refractivity contribution is 0.117. The lowest BCUT2D eigenvalue weighted by Gasteiger charge is -2.37. The van der Waals surface area contributed by atoms with Crippen LogP contribution < -0.4 is 10.0 Å². The highest BCUT2D eigenvalue weighted by molar-refractivity contribution is 7.91. The largest absolute Gasteiger partial charge is 0.315 e. The van der Waals surface area contributed by atoms with Crippen LogP contribution in [0.5, 0.6) is 0 Å². The van der Waals surface area contributed by atoms with E-state index in [0.717, 1.165) is 24.5 Å².